The molecule has 6 nitrogen and oxygen atoms in total. The third kappa shape index (κ3) is 3.45. The minimum atomic E-state index is -0.375. The normalized spacial score (nSPS) is 17.7. The first-order chi connectivity index (χ1) is 9.61. The maximum Gasteiger partial charge on any atom is 0.277 e. The van der Waals surface area contributed by atoms with Gasteiger partial charge in [-0.3, -0.25) is 10.1 Å². The minimum Gasteiger partial charge on any atom is -0.366 e. The van der Waals surface area contributed by atoms with Gasteiger partial charge in [-0.25, -0.2) is 4.98 Å². The van der Waals surface area contributed by atoms with E-state index in [2.05, 4.69) is 10.3 Å². The number of aryl methyl sites for hydroxylation is 1. The molecule has 6 heteroatoms. The molecule has 3 N–H and O–H groups in total. The summed E-state index contributed by atoms with van der Waals surface area (Å²) in [5, 5.41) is 14.2. The topological polar surface area (TPSA) is 94.1 Å². The molecular formula is C14H22N4O2. The molecule has 2 rings (SSSR count). The summed E-state index contributed by atoms with van der Waals surface area (Å²) >= 11 is 0. The van der Waals surface area contributed by atoms with Crippen LogP contribution in [0.4, 0.5) is 11.5 Å². The van der Waals surface area contributed by atoms with E-state index >= 15 is 0 Å². The van der Waals surface area contributed by atoms with E-state index < -0.39 is 0 Å². The molecule has 0 aromatic carbocycles. The summed E-state index contributed by atoms with van der Waals surface area (Å²) in [6.07, 6.45) is 7.65. The predicted molar refractivity (Wildman–Crippen MR) is 78.7 cm³/mol. The van der Waals surface area contributed by atoms with Gasteiger partial charge in [-0.05, 0) is 25.7 Å². The van der Waals surface area contributed by atoms with Crippen LogP contribution >= 0.6 is 0 Å². The number of rotatable bonds is 5. The second-order valence-electron chi connectivity index (χ2n) is 5.50. The highest BCUT2D eigenvalue weighted by molar-refractivity contribution is 5.49. The summed E-state index contributed by atoms with van der Waals surface area (Å²) in [7, 11) is 0. The van der Waals surface area contributed by atoms with Crippen molar-refractivity contribution >= 4 is 11.5 Å². The molecule has 1 atom stereocenters. The smallest absolute Gasteiger partial charge is 0.277 e. The van der Waals surface area contributed by atoms with Crippen molar-refractivity contribution in [3.8, 4) is 0 Å². The predicted octanol–water partition coefficient (Wildman–Crippen LogP) is 2.62. The second-order valence-corrected chi connectivity index (χ2v) is 5.50. The molecule has 1 aromatic rings. The van der Waals surface area contributed by atoms with Gasteiger partial charge in [0.25, 0.3) is 5.69 Å². The van der Waals surface area contributed by atoms with Crippen LogP contribution in [0, 0.1) is 23.0 Å². The molecular weight excluding hydrogens is 256 g/mol. The first kappa shape index (κ1) is 14.7. The lowest BCUT2D eigenvalue weighted by Crippen LogP contribution is -2.37. The molecule has 110 valence electrons. The number of hydrogen-bond donors (Lipinski definition) is 2. The Morgan fingerprint density at radius 3 is 2.80 bits per heavy atom. The first-order valence-corrected chi connectivity index (χ1v) is 7.19. The highest BCUT2D eigenvalue weighted by atomic mass is 16.6. The van der Waals surface area contributed by atoms with Gasteiger partial charge in [-0.15, -0.1) is 0 Å². The van der Waals surface area contributed by atoms with Crippen LogP contribution in [0.15, 0.2) is 12.3 Å². The van der Waals surface area contributed by atoms with Crippen LogP contribution in [0.5, 0.6) is 0 Å². The van der Waals surface area contributed by atoms with E-state index in [4.69, 9.17) is 5.73 Å². The largest absolute Gasteiger partial charge is 0.366 e. The zero-order chi connectivity index (χ0) is 14.5. The van der Waals surface area contributed by atoms with Crippen molar-refractivity contribution in [3.05, 3.63) is 27.9 Å². The van der Waals surface area contributed by atoms with Gasteiger partial charge in [-0.1, -0.05) is 19.3 Å². The fourth-order valence-electron chi connectivity index (χ4n) is 2.88. The summed E-state index contributed by atoms with van der Waals surface area (Å²) in [4.78, 5) is 14.8. The Kier molecular flexibility index (Phi) is 4.89. The highest BCUT2D eigenvalue weighted by Crippen LogP contribution is 2.28. The zero-order valence-electron chi connectivity index (χ0n) is 11.8. The van der Waals surface area contributed by atoms with Crippen molar-refractivity contribution in [2.45, 2.75) is 45.1 Å². The molecule has 1 aliphatic carbocycles. The number of hydrogen-bond acceptors (Lipinski definition) is 5. The van der Waals surface area contributed by atoms with Gasteiger partial charge >= 0.3 is 0 Å². The number of aromatic nitrogens is 1. The molecule has 1 aromatic heterocycles. The quantitative estimate of drug-likeness (QED) is 0.637. The Hall–Kier alpha value is -1.69. The molecule has 1 aliphatic rings. The van der Waals surface area contributed by atoms with E-state index in [1.165, 1.54) is 44.4 Å². The number of nitrogens with zero attached hydrogens (tertiary/aromatic N) is 2. The summed E-state index contributed by atoms with van der Waals surface area (Å²) in [5.74, 6) is 1.08. The average molecular weight is 278 g/mol. The van der Waals surface area contributed by atoms with Crippen molar-refractivity contribution in [3.63, 3.8) is 0 Å². The molecule has 0 amide bonds. The van der Waals surface area contributed by atoms with Gasteiger partial charge in [0.1, 0.15) is 5.82 Å². The van der Waals surface area contributed by atoms with Crippen molar-refractivity contribution in [2.24, 2.45) is 11.7 Å². The van der Waals surface area contributed by atoms with Crippen molar-refractivity contribution in [1.29, 1.82) is 0 Å². The molecule has 0 spiro atoms. The molecule has 1 saturated carbocycles. The van der Waals surface area contributed by atoms with Crippen molar-refractivity contribution in [2.75, 3.05) is 11.9 Å². The lowest BCUT2D eigenvalue weighted by molar-refractivity contribution is -0.385. The highest BCUT2D eigenvalue weighted by Gasteiger charge is 2.23. The lowest BCUT2D eigenvalue weighted by atomic mass is 9.84. The van der Waals surface area contributed by atoms with E-state index in [1.54, 1.807) is 6.92 Å². The Morgan fingerprint density at radius 2 is 2.20 bits per heavy atom. The third-order valence-corrected chi connectivity index (χ3v) is 4.08. The second kappa shape index (κ2) is 6.65. The molecule has 0 aliphatic heterocycles. The Labute approximate surface area is 118 Å². The van der Waals surface area contributed by atoms with Crippen molar-refractivity contribution in [1.82, 2.24) is 4.98 Å². The standard InChI is InChI=1S/C14H22N4O2/c1-10-9-16-14(7-13(10)18(19)20)17-12(8-15)11-5-3-2-4-6-11/h7,9,11-12H,2-6,8,15H2,1H3,(H,16,17). The number of nitrogens with one attached hydrogen (secondary N) is 1. The molecule has 0 radical (unpaired) electrons. The van der Waals surface area contributed by atoms with Crippen LogP contribution in [0.1, 0.15) is 37.7 Å². The molecule has 1 unspecified atom stereocenters. The number of anilines is 1. The van der Waals surface area contributed by atoms with Crippen LogP contribution < -0.4 is 11.1 Å². The van der Waals surface area contributed by atoms with Gasteiger partial charge < -0.3 is 11.1 Å². The SMILES string of the molecule is Cc1cnc(NC(CN)C2CCCCC2)cc1[N+](=O)[O-]. The Bertz CT molecular complexity index is 472. The van der Waals surface area contributed by atoms with Crippen molar-refractivity contribution < 1.29 is 4.92 Å². The van der Waals surface area contributed by atoms with E-state index in [9.17, 15) is 10.1 Å². The number of nitrogens with two attached hydrogens (primary N) is 1. The molecule has 0 bridgehead atoms. The van der Waals surface area contributed by atoms with E-state index in [0.717, 1.165) is 0 Å². The first-order valence-electron chi connectivity index (χ1n) is 7.19. The van der Waals surface area contributed by atoms with Gasteiger partial charge in [0.2, 0.25) is 0 Å². The molecule has 20 heavy (non-hydrogen) atoms. The van der Waals surface area contributed by atoms with Gasteiger partial charge in [0.15, 0.2) is 0 Å². The Balaban J connectivity index is 2.10. The summed E-state index contributed by atoms with van der Waals surface area (Å²) in [6, 6.07) is 1.64. The summed E-state index contributed by atoms with van der Waals surface area (Å²) in [5.41, 5.74) is 6.53. The van der Waals surface area contributed by atoms with Gasteiger partial charge in [0, 0.05) is 24.3 Å². The summed E-state index contributed by atoms with van der Waals surface area (Å²) < 4.78 is 0. The monoisotopic (exact) mass is 278 g/mol. The average Bonchev–Trinajstić information content (AvgIpc) is 2.47. The van der Waals surface area contributed by atoms with E-state index in [1.807, 2.05) is 0 Å². The maximum absolute atomic E-state index is 11.0. The maximum atomic E-state index is 11.0. The molecule has 0 saturated heterocycles. The fraction of sp³-hybridized carbons (Fsp3) is 0.643. The van der Waals surface area contributed by atoms with Gasteiger partial charge in [-0.2, -0.15) is 0 Å². The third-order valence-electron chi connectivity index (χ3n) is 4.08. The zero-order valence-corrected chi connectivity index (χ0v) is 11.8. The molecule has 1 fully saturated rings. The summed E-state index contributed by atoms with van der Waals surface area (Å²) in [6.45, 7) is 2.21. The fourth-order valence-corrected chi connectivity index (χ4v) is 2.88. The Morgan fingerprint density at radius 1 is 1.50 bits per heavy atom. The minimum absolute atomic E-state index is 0.0990. The number of pyridine rings is 1. The van der Waals surface area contributed by atoms with Crippen LogP contribution in [0.2, 0.25) is 0 Å². The van der Waals surface area contributed by atoms with Crippen LogP contribution in [-0.4, -0.2) is 22.5 Å². The van der Waals surface area contributed by atoms with Crippen LogP contribution in [0.3, 0.4) is 0 Å². The van der Waals surface area contributed by atoms with E-state index in [-0.39, 0.29) is 16.7 Å². The van der Waals surface area contributed by atoms with E-state index in [0.29, 0.717) is 23.8 Å². The van der Waals surface area contributed by atoms with Gasteiger partial charge in [0.05, 0.1) is 11.0 Å². The molecule has 1 heterocycles. The van der Waals surface area contributed by atoms with Crippen LogP contribution in [-0.2, 0) is 0 Å². The lowest BCUT2D eigenvalue weighted by Gasteiger charge is -2.30. The van der Waals surface area contributed by atoms with Crippen LogP contribution in [0.25, 0.3) is 0 Å². The number of nitro groups is 1.